The zero-order valence-electron chi connectivity index (χ0n) is 11.4. The smallest absolute Gasteiger partial charge is 0.350 e. The van der Waals surface area contributed by atoms with Gasteiger partial charge in [-0.05, 0) is 19.8 Å². The molecule has 1 aromatic rings. The standard InChI is InChI=1S/C11H17N2O7P/c1-7-4-13(11(15)12-10(7)14)9-3-2-8(20-9)5-19-6-21(16,17)18/h4,8-9H,2-3,5-6H2,1H3,(H,12,14,15)(H2,16,17,18)/t8-,9+/m0/s1. The Hall–Kier alpha value is -1.25. The fourth-order valence-corrected chi connectivity index (χ4v) is 2.46. The van der Waals surface area contributed by atoms with Crippen molar-refractivity contribution in [3.05, 3.63) is 32.6 Å². The van der Waals surface area contributed by atoms with Crippen LogP contribution in [0.25, 0.3) is 0 Å². The second kappa shape index (κ2) is 6.25. The summed E-state index contributed by atoms with van der Waals surface area (Å²) >= 11 is 0. The minimum atomic E-state index is -4.19. The van der Waals surface area contributed by atoms with Crippen molar-refractivity contribution >= 4 is 7.60 Å². The highest BCUT2D eigenvalue weighted by Gasteiger charge is 2.28. The summed E-state index contributed by atoms with van der Waals surface area (Å²) < 4.78 is 22.5. The van der Waals surface area contributed by atoms with E-state index in [1.807, 2.05) is 0 Å². The number of aromatic nitrogens is 2. The van der Waals surface area contributed by atoms with Gasteiger partial charge in [-0.3, -0.25) is 18.9 Å². The van der Waals surface area contributed by atoms with Gasteiger partial charge < -0.3 is 19.3 Å². The first-order chi connectivity index (χ1) is 9.76. The SMILES string of the molecule is Cc1cn([C@H]2CC[C@@H](COCP(=O)(O)O)O2)c(=O)[nH]c1=O. The van der Waals surface area contributed by atoms with Crippen LogP contribution in [0.4, 0.5) is 0 Å². The molecule has 1 fully saturated rings. The predicted molar refractivity (Wildman–Crippen MR) is 72.1 cm³/mol. The molecule has 0 aliphatic carbocycles. The molecular formula is C11H17N2O7P. The van der Waals surface area contributed by atoms with Gasteiger partial charge in [-0.2, -0.15) is 0 Å². The molecule has 0 bridgehead atoms. The van der Waals surface area contributed by atoms with E-state index < -0.39 is 31.4 Å². The highest BCUT2D eigenvalue weighted by Crippen LogP contribution is 2.34. The van der Waals surface area contributed by atoms with Gasteiger partial charge in [-0.15, -0.1) is 0 Å². The Bertz CT molecular complexity index is 661. The highest BCUT2D eigenvalue weighted by atomic mass is 31.2. The second-order valence-electron chi connectivity index (χ2n) is 4.93. The van der Waals surface area contributed by atoms with Crippen molar-refractivity contribution in [3.8, 4) is 0 Å². The quantitative estimate of drug-likeness (QED) is 0.633. The van der Waals surface area contributed by atoms with E-state index in [1.165, 1.54) is 10.8 Å². The van der Waals surface area contributed by atoms with Crippen LogP contribution in [0.5, 0.6) is 0 Å². The number of aryl methyl sites for hydroxylation is 1. The lowest BCUT2D eigenvalue weighted by molar-refractivity contribution is -0.0378. The van der Waals surface area contributed by atoms with Crippen molar-refractivity contribution in [2.45, 2.75) is 32.1 Å². The van der Waals surface area contributed by atoms with Crippen molar-refractivity contribution in [1.82, 2.24) is 9.55 Å². The summed E-state index contributed by atoms with van der Waals surface area (Å²) in [5.74, 6) is 0. The van der Waals surface area contributed by atoms with Crippen LogP contribution in [0.3, 0.4) is 0 Å². The van der Waals surface area contributed by atoms with Gasteiger partial charge >= 0.3 is 13.3 Å². The van der Waals surface area contributed by atoms with E-state index in [-0.39, 0.29) is 12.7 Å². The maximum atomic E-state index is 11.7. The summed E-state index contributed by atoms with van der Waals surface area (Å²) in [5.41, 5.74) is -0.581. The summed E-state index contributed by atoms with van der Waals surface area (Å²) in [5, 5.41) is 0. The normalized spacial score (nSPS) is 22.6. The molecule has 10 heteroatoms. The molecule has 1 saturated heterocycles. The number of nitrogens with one attached hydrogen (secondary N) is 1. The molecule has 1 aliphatic rings. The number of hydrogen-bond acceptors (Lipinski definition) is 5. The van der Waals surface area contributed by atoms with Crippen molar-refractivity contribution in [2.75, 3.05) is 13.0 Å². The molecule has 1 aliphatic heterocycles. The molecule has 0 amide bonds. The first-order valence-electron chi connectivity index (χ1n) is 6.36. The molecule has 9 nitrogen and oxygen atoms in total. The lowest BCUT2D eigenvalue weighted by Crippen LogP contribution is -2.33. The van der Waals surface area contributed by atoms with Gasteiger partial charge in [0.05, 0.1) is 12.7 Å². The fourth-order valence-electron chi connectivity index (χ4n) is 2.12. The van der Waals surface area contributed by atoms with Crippen molar-refractivity contribution in [1.29, 1.82) is 0 Å². The molecular weight excluding hydrogens is 303 g/mol. The molecule has 0 aromatic carbocycles. The molecule has 118 valence electrons. The minimum absolute atomic E-state index is 0.0404. The van der Waals surface area contributed by atoms with Gasteiger partial charge in [0.2, 0.25) is 0 Å². The molecule has 0 unspecified atom stereocenters. The third-order valence-corrected chi connectivity index (χ3v) is 3.62. The first-order valence-corrected chi connectivity index (χ1v) is 8.16. The molecule has 0 saturated carbocycles. The molecule has 0 spiro atoms. The van der Waals surface area contributed by atoms with Crippen LogP contribution in [0.1, 0.15) is 24.6 Å². The number of aromatic amines is 1. The Kier molecular flexibility index (Phi) is 4.80. The molecule has 21 heavy (non-hydrogen) atoms. The van der Waals surface area contributed by atoms with Crippen molar-refractivity contribution in [2.24, 2.45) is 0 Å². The molecule has 3 N–H and O–H groups in total. The van der Waals surface area contributed by atoms with E-state index in [4.69, 9.17) is 19.3 Å². The van der Waals surface area contributed by atoms with Crippen LogP contribution in [0, 0.1) is 6.92 Å². The number of nitrogens with zero attached hydrogens (tertiary/aromatic N) is 1. The molecule has 2 rings (SSSR count). The molecule has 2 heterocycles. The van der Waals surface area contributed by atoms with E-state index in [0.29, 0.717) is 18.4 Å². The fraction of sp³-hybridized carbons (Fsp3) is 0.636. The topological polar surface area (TPSA) is 131 Å². The summed E-state index contributed by atoms with van der Waals surface area (Å²) in [6.07, 6.45) is 1.06. The Morgan fingerprint density at radius 2 is 2.19 bits per heavy atom. The zero-order valence-corrected chi connectivity index (χ0v) is 12.3. The van der Waals surface area contributed by atoms with Gasteiger partial charge in [0.25, 0.3) is 5.56 Å². The molecule has 2 atom stereocenters. The Morgan fingerprint density at radius 1 is 1.48 bits per heavy atom. The van der Waals surface area contributed by atoms with Crippen molar-refractivity contribution < 1.29 is 23.8 Å². The first kappa shape index (κ1) is 16.1. The van der Waals surface area contributed by atoms with Crippen LogP contribution in [-0.4, -0.2) is 38.4 Å². The number of H-pyrrole nitrogens is 1. The van der Waals surface area contributed by atoms with E-state index in [2.05, 4.69) is 4.98 Å². The minimum Gasteiger partial charge on any atom is -0.366 e. The van der Waals surface area contributed by atoms with Gasteiger partial charge in [0, 0.05) is 11.8 Å². The monoisotopic (exact) mass is 320 g/mol. The predicted octanol–water partition coefficient (Wildman–Crippen LogP) is -0.326. The summed E-state index contributed by atoms with van der Waals surface area (Å²) in [7, 11) is -4.19. The summed E-state index contributed by atoms with van der Waals surface area (Å²) in [6.45, 7) is 1.63. The zero-order chi connectivity index (χ0) is 15.6. The Balaban J connectivity index is 1.97. The number of hydrogen-bond donors (Lipinski definition) is 3. The van der Waals surface area contributed by atoms with E-state index >= 15 is 0 Å². The van der Waals surface area contributed by atoms with Crippen LogP contribution in [0.15, 0.2) is 15.8 Å². The number of ether oxygens (including phenoxy) is 2. The lowest BCUT2D eigenvalue weighted by atomic mass is 10.2. The van der Waals surface area contributed by atoms with E-state index in [1.54, 1.807) is 6.92 Å². The maximum absolute atomic E-state index is 11.7. The molecule has 0 radical (unpaired) electrons. The largest absolute Gasteiger partial charge is 0.366 e. The van der Waals surface area contributed by atoms with Crippen LogP contribution in [-0.2, 0) is 14.0 Å². The lowest BCUT2D eigenvalue weighted by Gasteiger charge is -2.16. The van der Waals surface area contributed by atoms with Gasteiger partial charge in [-0.25, -0.2) is 4.79 Å². The van der Waals surface area contributed by atoms with E-state index in [9.17, 15) is 14.2 Å². The third kappa shape index (κ3) is 4.36. The van der Waals surface area contributed by atoms with Crippen LogP contribution in [0.2, 0.25) is 0 Å². The average Bonchev–Trinajstić information content (AvgIpc) is 2.81. The van der Waals surface area contributed by atoms with Crippen molar-refractivity contribution in [3.63, 3.8) is 0 Å². The Morgan fingerprint density at radius 3 is 2.86 bits per heavy atom. The second-order valence-corrected chi connectivity index (χ2v) is 6.52. The number of rotatable bonds is 5. The highest BCUT2D eigenvalue weighted by molar-refractivity contribution is 7.51. The molecule has 1 aromatic heterocycles. The third-order valence-electron chi connectivity index (χ3n) is 3.10. The van der Waals surface area contributed by atoms with Gasteiger partial charge in [-0.1, -0.05) is 0 Å². The summed E-state index contributed by atoms with van der Waals surface area (Å²) in [6, 6.07) is 0. The summed E-state index contributed by atoms with van der Waals surface area (Å²) in [4.78, 5) is 42.6. The van der Waals surface area contributed by atoms with Crippen LogP contribution >= 0.6 is 7.60 Å². The average molecular weight is 320 g/mol. The van der Waals surface area contributed by atoms with Gasteiger partial charge in [0.1, 0.15) is 12.6 Å². The van der Waals surface area contributed by atoms with Gasteiger partial charge in [0.15, 0.2) is 0 Å². The van der Waals surface area contributed by atoms with Crippen LogP contribution < -0.4 is 11.2 Å². The maximum Gasteiger partial charge on any atom is 0.350 e. The Labute approximate surface area is 119 Å². The van der Waals surface area contributed by atoms with E-state index in [0.717, 1.165) is 0 Å².